The van der Waals surface area contributed by atoms with Crippen LogP contribution in [0.1, 0.15) is 10.9 Å². The van der Waals surface area contributed by atoms with Gasteiger partial charge in [-0.15, -0.1) is 11.3 Å². The second-order valence-corrected chi connectivity index (χ2v) is 5.55. The lowest BCUT2D eigenvalue weighted by Crippen LogP contribution is -2.22. The maximum absolute atomic E-state index is 11.8. The van der Waals surface area contributed by atoms with Crippen molar-refractivity contribution in [3.05, 3.63) is 19.8 Å². The summed E-state index contributed by atoms with van der Waals surface area (Å²) in [7, 11) is 0. The number of thiophene rings is 1. The summed E-state index contributed by atoms with van der Waals surface area (Å²) in [4.78, 5) is 0.680. The van der Waals surface area contributed by atoms with Crippen molar-refractivity contribution in [1.29, 1.82) is 0 Å². The third-order valence-electron chi connectivity index (χ3n) is 1.59. The fourth-order valence-corrected chi connectivity index (χ4v) is 2.65. The molecule has 16 heavy (non-hydrogen) atoms. The normalized spacial score (nSPS) is 14.1. The van der Waals surface area contributed by atoms with E-state index in [1.807, 2.05) is 0 Å². The molecule has 0 aliphatic carbocycles. The van der Waals surface area contributed by atoms with Gasteiger partial charge in [0.05, 0.1) is 12.6 Å². The molecule has 1 aromatic heterocycles. The molecule has 0 fully saturated rings. The minimum atomic E-state index is -4.33. The number of halogens is 5. The highest BCUT2D eigenvalue weighted by atomic mass is 79.9. The molecule has 92 valence electrons. The minimum absolute atomic E-state index is 0.192. The Bertz CT molecular complexity index is 338. The molecule has 0 aliphatic rings. The third kappa shape index (κ3) is 4.58. The van der Waals surface area contributed by atoms with Crippen molar-refractivity contribution in [2.45, 2.75) is 12.2 Å². The Morgan fingerprint density at radius 2 is 2.19 bits per heavy atom. The lowest BCUT2D eigenvalue weighted by atomic mass is 10.3. The van der Waals surface area contributed by atoms with E-state index in [0.717, 1.165) is 0 Å². The van der Waals surface area contributed by atoms with E-state index in [4.69, 9.17) is 17.3 Å². The molecule has 8 heteroatoms. The summed E-state index contributed by atoms with van der Waals surface area (Å²) in [5.41, 5.74) is 5.65. The van der Waals surface area contributed by atoms with E-state index in [9.17, 15) is 13.2 Å². The second kappa shape index (κ2) is 5.68. The van der Waals surface area contributed by atoms with Crippen LogP contribution in [0.3, 0.4) is 0 Å². The molecule has 0 saturated carbocycles. The topological polar surface area (TPSA) is 35.2 Å². The van der Waals surface area contributed by atoms with E-state index in [1.54, 1.807) is 6.07 Å². The van der Waals surface area contributed by atoms with Crippen LogP contribution >= 0.6 is 38.9 Å². The van der Waals surface area contributed by atoms with Gasteiger partial charge in [-0.2, -0.15) is 13.2 Å². The second-order valence-electron chi connectivity index (χ2n) is 3.01. The Hall–Kier alpha value is 0.180. The van der Waals surface area contributed by atoms with Crippen molar-refractivity contribution in [3.63, 3.8) is 0 Å². The molecule has 0 amide bonds. The summed E-state index contributed by atoms with van der Waals surface area (Å²) in [6.07, 6.45) is -4.33. The Morgan fingerprint density at radius 1 is 1.56 bits per heavy atom. The average Bonchev–Trinajstić information content (AvgIpc) is 2.45. The Balaban J connectivity index is 2.44. The van der Waals surface area contributed by atoms with Gasteiger partial charge in [-0.1, -0.05) is 11.6 Å². The van der Waals surface area contributed by atoms with Crippen molar-refractivity contribution in [1.82, 2.24) is 0 Å². The quantitative estimate of drug-likeness (QED) is 0.907. The minimum Gasteiger partial charge on any atom is -0.370 e. The Morgan fingerprint density at radius 3 is 2.62 bits per heavy atom. The lowest BCUT2D eigenvalue weighted by molar-refractivity contribution is -0.174. The van der Waals surface area contributed by atoms with Crippen molar-refractivity contribution in [2.24, 2.45) is 5.73 Å². The molecular weight excluding hydrogens is 331 g/mol. The Kier molecular flexibility index (Phi) is 5.06. The molecule has 1 aromatic rings. The predicted octanol–water partition coefficient (Wildman–Crippen LogP) is 3.74. The fourth-order valence-electron chi connectivity index (χ4n) is 0.930. The van der Waals surface area contributed by atoms with E-state index in [0.29, 0.717) is 13.7 Å². The molecular formula is C8H8BrClF3NOS. The van der Waals surface area contributed by atoms with Gasteiger partial charge < -0.3 is 10.5 Å². The molecule has 1 atom stereocenters. The van der Waals surface area contributed by atoms with Gasteiger partial charge in [0.25, 0.3) is 0 Å². The van der Waals surface area contributed by atoms with Gasteiger partial charge >= 0.3 is 6.18 Å². The SMILES string of the molecule is NC(COCC(F)(F)F)c1cc(Br)c(Cl)s1. The lowest BCUT2D eigenvalue weighted by Gasteiger charge is -2.11. The van der Waals surface area contributed by atoms with Crippen LogP contribution in [-0.2, 0) is 4.74 Å². The van der Waals surface area contributed by atoms with Gasteiger partial charge in [-0.25, -0.2) is 0 Å². The average molecular weight is 339 g/mol. The van der Waals surface area contributed by atoms with Crippen molar-refractivity contribution in [3.8, 4) is 0 Å². The first-order valence-corrected chi connectivity index (χ1v) is 6.13. The van der Waals surface area contributed by atoms with E-state index in [1.165, 1.54) is 11.3 Å². The summed E-state index contributed by atoms with van der Waals surface area (Å²) in [6, 6.07) is 1.07. The molecule has 0 aromatic carbocycles. The van der Waals surface area contributed by atoms with E-state index < -0.39 is 18.8 Å². The van der Waals surface area contributed by atoms with Gasteiger partial charge in [0.2, 0.25) is 0 Å². The zero-order valence-corrected chi connectivity index (χ0v) is 11.0. The van der Waals surface area contributed by atoms with Crippen LogP contribution in [0, 0.1) is 0 Å². The molecule has 0 aliphatic heterocycles. The number of hydrogen-bond acceptors (Lipinski definition) is 3. The van der Waals surface area contributed by atoms with Gasteiger partial charge in [0, 0.05) is 9.35 Å². The standard InChI is InChI=1S/C8H8BrClF3NOS/c9-4-1-6(16-7(4)10)5(14)2-15-3-8(11,12)13/h1,5H,2-3,14H2. The van der Waals surface area contributed by atoms with Crippen molar-refractivity contribution >= 4 is 38.9 Å². The molecule has 1 unspecified atom stereocenters. The molecule has 0 bridgehead atoms. The highest BCUT2D eigenvalue weighted by molar-refractivity contribution is 9.10. The predicted molar refractivity (Wildman–Crippen MR) is 60.8 cm³/mol. The number of rotatable bonds is 4. The first kappa shape index (κ1) is 14.2. The van der Waals surface area contributed by atoms with Crippen LogP contribution < -0.4 is 5.73 Å². The zero-order valence-electron chi connectivity index (χ0n) is 7.85. The van der Waals surface area contributed by atoms with E-state index in [-0.39, 0.29) is 6.61 Å². The van der Waals surface area contributed by atoms with Crippen molar-refractivity contribution in [2.75, 3.05) is 13.2 Å². The van der Waals surface area contributed by atoms with Gasteiger partial charge in [-0.3, -0.25) is 0 Å². The van der Waals surface area contributed by atoms with Gasteiger partial charge in [0.15, 0.2) is 0 Å². The van der Waals surface area contributed by atoms with Gasteiger partial charge in [-0.05, 0) is 22.0 Å². The number of ether oxygens (including phenoxy) is 1. The van der Waals surface area contributed by atoms with Gasteiger partial charge in [0.1, 0.15) is 10.9 Å². The monoisotopic (exact) mass is 337 g/mol. The third-order valence-corrected chi connectivity index (χ3v) is 4.20. The molecule has 1 rings (SSSR count). The molecule has 1 heterocycles. The number of alkyl halides is 3. The van der Waals surface area contributed by atoms with Crippen LogP contribution in [-0.4, -0.2) is 19.4 Å². The largest absolute Gasteiger partial charge is 0.411 e. The molecule has 0 spiro atoms. The first-order valence-electron chi connectivity index (χ1n) is 4.14. The number of hydrogen-bond donors (Lipinski definition) is 1. The summed E-state index contributed by atoms with van der Waals surface area (Å²) in [5, 5.41) is 0. The van der Waals surface area contributed by atoms with Crippen LogP contribution in [0.15, 0.2) is 10.5 Å². The smallest absolute Gasteiger partial charge is 0.370 e. The van der Waals surface area contributed by atoms with E-state index >= 15 is 0 Å². The summed E-state index contributed by atoms with van der Waals surface area (Å²) in [5.74, 6) is 0. The zero-order chi connectivity index (χ0) is 12.3. The van der Waals surface area contributed by atoms with Crippen LogP contribution in [0.5, 0.6) is 0 Å². The van der Waals surface area contributed by atoms with Crippen molar-refractivity contribution < 1.29 is 17.9 Å². The summed E-state index contributed by atoms with van der Waals surface area (Å²) in [6.45, 7) is -1.48. The van der Waals surface area contributed by atoms with Crippen LogP contribution in [0.4, 0.5) is 13.2 Å². The highest BCUT2D eigenvalue weighted by Crippen LogP contribution is 2.34. The summed E-state index contributed by atoms with van der Waals surface area (Å²) < 4.78 is 41.0. The summed E-state index contributed by atoms with van der Waals surface area (Å²) >= 11 is 10.2. The molecule has 0 saturated heterocycles. The Labute approximate surface area is 108 Å². The first-order chi connectivity index (χ1) is 7.29. The highest BCUT2D eigenvalue weighted by Gasteiger charge is 2.27. The maximum atomic E-state index is 11.8. The molecule has 0 radical (unpaired) electrons. The van der Waals surface area contributed by atoms with E-state index in [2.05, 4.69) is 20.7 Å². The fraction of sp³-hybridized carbons (Fsp3) is 0.500. The molecule has 2 nitrogen and oxygen atoms in total. The molecule has 2 N–H and O–H groups in total. The number of nitrogens with two attached hydrogens (primary N) is 1. The van der Waals surface area contributed by atoms with Crippen LogP contribution in [0.2, 0.25) is 4.34 Å². The van der Waals surface area contributed by atoms with Crippen LogP contribution in [0.25, 0.3) is 0 Å². The maximum Gasteiger partial charge on any atom is 0.411 e.